The molecule has 100 valence electrons. The van der Waals surface area contributed by atoms with Crippen molar-refractivity contribution >= 4 is 28.5 Å². The third-order valence-electron chi connectivity index (χ3n) is 1.98. The molecule has 0 saturated heterocycles. The van der Waals surface area contributed by atoms with Crippen LogP contribution >= 0.6 is 22.6 Å². The van der Waals surface area contributed by atoms with Crippen molar-refractivity contribution in [3.63, 3.8) is 0 Å². The van der Waals surface area contributed by atoms with Crippen LogP contribution in [0.3, 0.4) is 0 Å². The largest absolute Gasteiger partial charge is 0.507 e. The zero-order chi connectivity index (χ0) is 13.5. The summed E-state index contributed by atoms with van der Waals surface area (Å²) in [5.74, 6) is -0.362. The Bertz CT molecular complexity index is 415. The molecule has 0 radical (unpaired) electrons. The Morgan fingerprint density at radius 1 is 1.50 bits per heavy atom. The van der Waals surface area contributed by atoms with Gasteiger partial charge in [0.2, 0.25) is 0 Å². The van der Waals surface area contributed by atoms with Gasteiger partial charge < -0.3 is 15.2 Å². The molecule has 4 nitrogen and oxygen atoms in total. The minimum Gasteiger partial charge on any atom is -0.507 e. The Morgan fingerprint density at radius 2 is 2.22 bits per heavy atom. The lowest BCUT2D eigenvalue weighted by Gasteiger charge is -2.07. The first-order valence-corrected chi connectivity index (χ1v) is 6.21. The maximum atomic E-state index is 11.7. The molecule has 0 bridgehead atoms. The summed E-state index contributed by atoms with van der Waals surface area (Å²) in [6, 6.07) is 4.52. The van der Waals surface area contributed by atoms with E-state index in [4.69, 9.17) is 0 Å². The number of alkyl halides is 2. The number of nitrogens with one attached hydrogen (secondary N) is 1. The topological polar surface area (TPSA) is 58.6 Å². The van der Waals surface area contributed by atoms with Gasteiger partial charge in [0.05, 0.1) is 10.2 Å². The fourth-order valence-electron chi connectivity index (χ4n) is 1.17. The van der Waals surface area contributed by atoms with Crippen LogP contribution in [-0.4, -0.2) is 37.2 Å². The predicted octanol–water partition coefficient (Wildman–Crippen LogP) is 2.01. The molecule has 18 heavy (non-hydrogen) atoms. The summed E-state index contributed by atoms with van der Waals surface area (Å²) in [6.07, 6.45) is -2.51. The van der Waals surface area contributed by atoms with E-state index < -0.39 is 13.0 Å². The number of benzene rings is 1. The Hall–Kier alpha value is -0.960. The summed E-state index contributed by atoms with van der Waals surface area (Å²) < 4.78 is 28.7. The summed E-state index contributed by atoms with van der Waals surface area (Å²) in [7, 11) is 0. The lowest BCUT2D eigenvalue weighted by Crippen LogP contribution is -2.27. The smallest absolute Gasteiger partial charge is 0.261 e. The summed E-state index contributed by atoms with van der Waals surface area (Å²) >= 11 is 1.94. The number of carbonyl (C=O) groups is 1. The highest BCUT2D eigenvalue weighted by Crippen LogP contribution is 2.20. The van der Waals surface area contributed by atoms with Gasteiger partial charge in [-0.25, -0.2) is 8.78 Å². The zero-order valence-corrected chi connectivity index (χ0v) is 11.5. The second-order valence-electron chi connectivity index (χ2n) is 3.39. The van der Waals surface area contributed by atoms with Gasteiger partial charge in [0.25, 0.3) is 12.3 Å². The first-order valence-electron chi connectivity index (χ1n) is 5.13. The van der Waals surface area contributed by atoms with Crippen molar-refractivity contribution in [2.45, 2.75) is 6.43 Å². The molecule has 7 heteroatoms. The average Bonchev–Trinajstić information content (AvgIpc) is 2.31. The average molecular weight is 371 g/mol. The zero-order valence-electron chi connectivity index (χ0n) is 9.33. The molecule has 0 heterocycles. The third-order valence-corrected chi connectivity index (χ3v) is 2.90. The van der Waals surface area contributed by atoms with E-state index >= 15 is 0 Å². The van der Waals surface area contributed by atoms with Gasteiger partial charge in [-0.3, -0.25) is 4.79 Å². The lowest BCUT2D eigenvalue weighted by molar-refractivity contribution is 0.0188. The monoisotopic (exact) mass is 371 g/mol. The van der Waals surface area contributed by atoms with Gasteiger partial charge in [-0.05, 0) is 40.8 Å². The highest BCUT2D eigenvalue weighted by atomic mass is 127. The fourth-order valence-corrected chi connectivity index (χ4v) is 1.50. The number of phenolic OH excluding ortho intramolecular Hbond substituents is 1. The number of rotatable bonds is 6. The number of halogens is 3. The van der Waals surface area contributed by atoms with E-state index in [0.29, 0.717) is 9.13 Å². The molecule has 0 aromatic heterocycles. The summed E-state index contributed by atoms with van der Waals surface area (Å²) in [4.78, 5) is 11.6. The standard InChI is InChI=1S/C11H12F2INO3/c12-10(13)6-18-4-3-15-11(17)7-1-2-8(14)9(16)5-7/h1-2,5,10,16H,3-4,6H2,(H,15,17). The Labute approximate surface area is 116 Å². The molecule has 0 atom stereocenters. The summed E-state index contributed by atoms with van der Waals surface area (Å²) in [5, 5.41) is 11.9. The van der Waals surface area contributed by atoms with Crippen molar-refractivity contribution in [2.75, 3.05) is 19.8 Å². The number of hydrogen-bond donors (Lipinski definition) is 2. The van der Waals surface area contributed by atoms with Gasteiger partial charge in [0.1, 0.15) is 12.4 Å². The summed E-state index contributed by atoms with van der Waals surface area (Å²) in [6.45, 7) is -0.481. The second kappa shape index (κ2) is 7.47. The molecule has 0 saturated carbocycles. The highest BCUT2D eigenvalue weighted by Gasteiger charge is 2.08. The highest BCUT2D eigenvalue weighted by molar-refractivity contribution is 14.1. The summed E-state index contributed by atoms with van der Waals surface area (Å²) in [5.41, 5.74) is 0.307. The molecule has 0 fully saturated rings. The van der Waals surface area contributed by atoms with E-state index in [9.17, 15) is 18.7 Å². The molecular formula is C11H12F2INO3. The molecule has 1 rings (SSSR count). The fraction of sp³-hybridized carbons (Fsp3) is 0.364. The van der Waals surface area contributed by atoms with Gasteiger partial charge >= 0.3 is 0 Å². The van der Waals surface area contributed by atoms with Crippen LogP contribution in [0.1, 0.15) is 10.4 Å². The molecule has 1 aromatic rings. The van der Waals surface area contributed by atoms with Gasteiger partial charge in [0.15, 0.2) is 0 Å². The number of hydrogen-bond acceptors (Lipinski definition) is 3. The molecule has 0 aliphatic heterocycles. The van der Waals surface area contributed by atoms with Crippen LogP contribution in [0.15, 0.2) is 18.2 Å². The van der Waals surface area contributed by atoms with Gasteiger partial charge in [0, 0.05) is 12.1 Å². The minimum atomic E-state index is -2.51. The van der Waals surface area contributed by atoms with E-state index in [1.165, 1.54) is 6.07 Å². The number of ether oxygens (including phenoxy) is 1. The van der Waals surface area contributed by atoms with Crippen molar-refractivity contribution < 1.29 is 23.4 Å². The van der Waals surface area contributed by atoms with Crippen molar-refractivity contribution in [2.24, 2.45) is 0 Å². The van der Waals surface area contributed by atoms with Gasteiger partial charge in [-0.2, -0.15) is 0 Å². The van der Waals surface area contributed by atoms with E-state index in [1.54, 1.807) is 12.1 Å². The molecule has 2 N–H and O–H groups in total. The van der Waals surface area contributed by atoms with Crippen molar-refractivity contribution in [3.05, 3.63) is 27.3 Å². The number of phenols is 1. The van der Waals surface area contributed by atoms with Crippen LogP contribution < -0.4 is 5.32 Å². The number of aromatic hydroxyl groups is 1. The van der Waals surface area contributed by atoms with Crippen molar-refractivity contribution in [3.8, 4) is 5.75 Å². The van der Waals surface area contributed by atoms with Crippen molar-refractivity contribution in [1.29, 1.82) is 0 Å². The number of carbonyl (C=O) groups excluding carboxylic acids is 1. The molecule has 0 aliphatic rings. The van der Waals surface area contributed by atoms with E-state index in [0.717, 1.165) is 0 Å². The quantitative estimate of drug-likeness (QED) is 0.594. The minimum absolute atomic E-state index is 0.0203. The third kappa shape index (κ3) is 5.13. The lowest BCUT2D eigenvalue weighted by atomic mass is 10.2. The SMILES string of the molecule is O=C(NCCOCC(F)F)c1ccc(I)c(O)c1. The normalized spacial score (nSPS) is 10.7. The molecule has 1 amide bonds. The van der Waals surface area contributed by atoms with Gasteiger partial charge in [-0.15, -0.1) is 0 Å². The van der Waals surface area contributed by atoms with Crippen LogP contribution in [0, 0.1) is 3.57 Å². The molecule has 0 aliphatic carbocycles. The van der Waals surface area contributed by atoms with Crippen molar-refractivity contribution in [1.82, 2.24) is 5.32 Å². The van der Waals surface area contributed by atoms with Crippen LogP contribution in [0.4, 0.5) is 8.78 Å². The molecule has 1 aromatic carbocycles. The maximum absolute atomic E-state index is 11.7. The van der Waals surface area contributed by atoms with E-state index in [2.05, 4.69) is 10.1 Å². The first kappa shape index (κ1) is 15.1. The van der Waals surface area contributed by atoms with E-state index in [1.807, 2.05) is 22.6 Å². The van der Waals surface area contributed by atoms with Gasteiger partial charge in [-0.1, -0.05) is 0 Å². The first-order chi connectivity index (χ1) is 8.50. The maximum Gasteiger partial charge on any atom is 0.261 e. The molecule has 0 unspecified atom stereocenters. The molecular weight excluding hydrogens is 359 g/mol. The Balaban J connectivity index is 2.34. The van der Waals surface area contributed by atoms with Crippen LogP contribution in [0.5, 0.6) is 5.75 Å². The van der Waals surface area contributed by atoms with Crippen LogP contribution in [0.25, 0.3) is 0 Å². The predicted molar refractivity (Wildman–Crippen MR) is 70.0 cm³/mol. The van der Waals surface area contributed by atoms with Crippen LogP contribution in [-0.2, 0) is 4.74 Å². The number of amides is 1. The van der Waals surface area contributed by atoms with Crippen LogP contribution in [0.2, 0.25) is 0 Å². The Kier molecular flexibility index (Phi) is 6.27. The van der Waals surface area contributed by atoms with E-state index in [-0.39, 0.29) is 24.8 Å². The second-order valence-corrected chi connectivity index (χ2v) is 4.55. The molecule has 0 spiro atoms. The Morgan fingerprint density at radius 3 is 2.83 bits per heavy atom.